The van der Waals surface area contributed by atoms with E-state index in [1.54, 1.807) is 27.7 Å². The summed E-state index contributed by atoms with van der Waals surface area (Å²) >= 11 is 0. The van der Waals surface area contributed by atoms with Gasteiger partial charge in [0, 0.05) is 24.1 Å². The number of hydrogen-bond acceptors (Lipinski definition) is 5. The average Bonchev–Trinajstić information content (AvgIpc) is 2.49. The Labute approximate surface area is 146 Å². The summed E-state index contributed by atoms with van der Waals surface area (Å²) in [7, 11) is 0. The minimum absolute atomic E-state index is 0.0254. The van der Waals surface area contributed by atoms with Crippen molar-refractivity contribution in [2.45, 2.75) is 58.6 Å². The molecule has 0 radical (unpaired) electrons. The Morgan fingerprint density at radius 2 is 1.96 bits per heavy atom. The number of nitrogens with one attached hydrogen (secondary N) is 1. The van der Waals surface area contributed by atoms with Crippen molar-refractivity contribution in [3.63, 3.8) is 0 Å². The second kappa shape index (κ2) is 7.96. The van der Waals surface area contributed by atoms with Crippen LogP contribution in [-0.4, -0.2) is 33.7 Å². The van der Waals surface area contributed by atoms with E-state index in [0.29, 0.717) is 12.0 Å². The van der Waals surface area contributed by atoms with Gasteiger partial charge in [-0.05, 0) is 38.8 Å². The number of nitro benzene ring substituents is 1. The van der Waals surface area contributed by atoms with Gasteiger partial charge in [-0.2, -0.15) is 0 Å². The number of aromatic carboxylic acids is 1. The monoisotopic (exact) mass is 352 g/mol. The zero-order chi connectivity index (χ0) is 19.4. The highest BCUT2D eigenvalue weighted by Crippen LogP contribution is 2.29. The fraction of sp³-hybridized carbons (Fsp3) is 0.529. The molecule has 0 aromatic heterocycles. The van der Waals surface area contributed by atoms with Crippen LogP contribution in [-0.2, 0) is 4.74 Å². The summed E-state index contributed by atoms with van der Waals surface area (Å²) in [6.45, 7) is 8.76. The van der Waals surface area contributed by atoms with Crippen molar-refractivity contribution in [1.82, 2.24) is 5.32 Å². The molecule has 0 spiro atoms. The first-order chi connectivity index (χ1) is 11.5. The largest absolute Gasteiger partial charge is 0.478 e. The normalized spacial score (nSPS) is 13.6. The van der Waals surface area contributed by atoms with E-state index in [1.807, 2.05) is 6.92 Å². The number of nitrogens with zero attached hydrogens (tertiary/aromatic N) is 1. The fourth-order valence-electron chi connectivity index (χ4n) is 2.49. The molecule has 2 atom stereocenters. The van der Waals surface area contributed by atoms with Gasteiger partial charge in [0.25, 0.3) is 5.69 Å². The molecule has 138 valence electrons. The molecule has 0 saturated heterocycles. The molecular weight excluding hydrogens is 328 g/mol. The molecule has 8 nitrogen and oxygen atoms in total. The molecule has 8 heteroatoms. The number of rotatable bonds is 6. The van der Waals surface area contributed by atoms with Crippen molar-refractivity contribution in [1.29, 1.82) is 0 Å². The SMILES string of the molecule is CC[C@H](NC(=O)OC(C)(C)C)C(C)c1cc([N+](=O)[O-])ccc1C(=O)O. The van der Waals surface area contributed by atoms with Crippen LogP contribution in [0.2, 0.25) is 0 Å². The van der Waals surface area contributed by atoms with Crippen LogP contribution in [0.1, 0.15) is 62.9 Å². The second-order valence-corrected chi connectivity index (χ2v) is 6.78. The van der Waals surface area contributed by atoms with Crippen molar-refractivity contribution in [3.8, 4) is 0 Å². The van der Waals surface area contributed by atoms with Crippen molar-refractivity contribution < 1.29 is 24.4 Å². The maximum Gasteiger partial charge on any atom is 0.407 e. The van der Waals surface area contributed by atoms with Crippen LogP contribution in [0.4, 0.5) is 10.5 Å². The zero-order valence-electron chi connectivity index (χ0n) is 15.0. The second-order valence-electron chi connectivity index (χ2n) is 6.78. The van der Waals surface area contributed by atoms with Crippen molar-refractivity contribution in [3.05, 3.63) is 39.4 Å². The molecular formula is C17H24N2O6. The standard InChI is InChI=1S/C17H24N2O6/c1-6-14(18-16(22)25-17(3,4)5)10(2)13-9-11(19(23)24)7-8-12(13)15(20)21/h7-10,14H,6H2,1-5H3,(H,18,22)(H,20,21)/t10?,14-/m0/s1. The molecule has 1 amide bonds. The molecule has 1 unspecified atom stereocenters. The molecule has 0 bridgehead atoms. The van der Waals surface area contributed by atoms with Gasteiger partial charge in [-0.1, -0.05) is 13.8 Å². The number of carbonyl (C=O) groups excluding carboxylic acids is 1. The predicted octanol–water partition coefficient (Wildman–Crippen LogP) is 3.70. The number of carboxylic acid groups (broad SMARTS) is 1. The minimum Gasteiger partial charge on any atom is -0.478 e. The molecule has 0 aliphatic rings. The number of ether oxygens (including phenoxy) is 1. The summed E-state index contributed by atoms with van der Waals surface area (Å²) in [6, 6.07) is 3.18. The topological polar surface area (TPSA) is 119 Å². The summed E-state index contributed by atoms with van der Waals surface area (Å²) in [6.07, 6.45) is -0.115. The highest BCUT2D eigenvalue weighted by molar-refractivity contribution is 5.90. The lowest BCUT2D eigenvalue weighted by Crippen LogP contribution is -2.41. The number of carboxylic acids is 1. The minimum atomic E-state index is -1.18. The maximum atomic E-state index is 12.0. The summed E-state index contributed by atoms with van der Waals surface area (Å²) in [5, 5.41) is 23.1. The van der Waals surface area contributed by atoms with Gasteiger partial charge in [0.2, 0.25) is 0 Å². The summed E-state index contributed by atoms with van der Waals surface area (Å²) in [4.78, 5) is 33.9. The molecule has 0 aliphatic heterocycles. The van der Waals surface area contributed by atoms with E-state index in [0.717, 1.165) is 6.07 Å². The van der Waals surface area contributed by atoms with Crippen molar-refractivity contribution >= 4 is 17.7 Å². The van der Waals surface area contributed by atoms with E-state index in [9.17, 15) is 24.8 Å². The van der Waals surface area contributed by atoms with Gasteiger partial charge < -0.3 is 15.2 Å². The van der Waals surface area contributed by atoms with Crippen LogP contribution >= 0.6 is 0 Å². The third-order valence-corrected chi connectivity index (χ3v) is 3.71. The number of non-ortho nitro benzene ring substituents is 1. The molecule has 0 saturated carbocycles. The van der Waals surface area contributed by atoms with Gasteiger partial charge in [-0.25, -0.2) is 9.59 Å². The van der Waals surface area contributed by atoms with E-state index >= 15 is 0 Å². The number of hydrogen-bond donors (Lipinski definition) is 2. The Balaban J connectivity index is 3.15. The van der Waals surface area contributed by atoms with Gasteiger partial charge in [-0.15, -0.1) is 0 Å². The lowest BCUT2D eigenvalue weighted by Gasteiger charge is -2.27. The highest BCUT2D eigenvalue weighted by atomic mass is 16.6. The smallest absolute Gasteiger partial charge is 0.407 e. The van der Waals surface area contributed by atoms with Gasteiger partial charge in [-0.3, -0.25) is 10.1 Å². The Morgan fingerprint density at radius 1 is 1.36 bits per heavy atom. The van der Waals surface area contributed by atoms with Gasteiger partial charge in [0.1, 0.15) is 5.60 Å². The summed E-state index contributed by atoms with van der Waals surface area (Å²) < 4.78 is 5.22. The molecule has 1 aromatic carbocycles. The number of carbonyl (C=O) groups is 2. The summed E-state index contributed by atoms with van der Waals surface area (Å²) in [5.74, 6) is -1.63. The van der Waals surface area contributed by atoms with Gasteiger partial charge in [0.05, 0.1) is 10.5 Å². The number of benzene rings is 1. The predicted molar refractivity (Wildman–Crippen MR) is 91.9 cm³/mol. The number of nitro groups is 1. The van der Waals surface area contributed by atoms with Crippen molar-refractivity contribution in [2.24, 2.45) is 0 Å². The lowest BCUT2D eigenvalue weighted by atomic mass is 9.88. The third kappa shape index (κ3) is 5.74. The lowest BCUT2D eigenvalue weighted by molar-refractivity contribution is -0.384. The molecule has 25 heavy (non-hydrogen) atoms. The molecule has 1 rings (SSSR count). The van der Waals surface area contributed by atoms with Crippen LogP contribution in [0, 0.1) is 10.1 Å². The van der Waals surface area contributed by atoms with Crippen LogP contribution < -0.4 is 5.32 Å². The first-order valence-corrected chi connectivity index (χ1v) is 7.97. The molecule has 1 aromatic rings. The van der Waals surface area contributed by atoms with E-state index in [-0.39, 0.29) is 11.3 Å². The molecule has 2 N–H and O–H groups in total. The van der Waals surface area contributed by atoms with E-state index in [2.05, 4.69) is 5.32 Å². The molecule has 0 fully saturated rings. The Hall–Kier alpha value is -2.64. The van der Waals surface area contributed by atoms with E-state index < -0.39 is 34.5 Å². The maximum absolute atomic E-state index is 12.0. The fourth-order valence-corrected chi connectivity index (χ4v) is 2.49. The molecule has 0 heterocycles. The van der Waals surface area contributed by atoms with Gasteiger partial charge in [0.15, 0.2) is 0 Å². The quantitative estimate of drug-likeness (QED) is 0.595. The third-order valence-electron chi connectivity index (χ3n) is 3.71. The number of alkyl carbamates (subject to hydrolysis) is 1. The zero-order valence-corrected chi connectivity index (χ0v) is 15.0. The first-order valence-electron chi connectivity index (χ1n) is 7.97. The molecule has 0 aliphatic carbocycles. The van der Waals surface area contributed by atoms with E-state index in [4.69, 9.17) is 4.74 Å². The van der Waals surface area contributed by atoms with Crippen LogP contribution in [0.15, 0.2) is 18.2 Å². The first kappa shape index (κ1) is 20.4. The van der Waals surface area contributed by atoms with Crippen LogP contribution in [0.25, 0.3) is 0 Å². The van der Waals surface area contributed by atoms with E-state index in [1.165, 1.54) is 12.1 Å². The Bertz CT molecular complexity index is 666. The highest BCUT2D eigenvalue weighted by Gasteiger charge is 2.27. The van der Waals surface area contributed by atoms with Crippen LogP contribution in [0.3, 0.4) is 0 Å². The average molecular weight is 352 g/mol. The number of amides is 1. The van der Waals surface area contributed by atoms with Crippen molar-refractivity contribution in [2.75, 3.05) is 0 Å². The van der Waals surface area contributed by atoms with Gasteiger partial charge >= 0.3 is 12.1 Å². The Morgan fingerprint density at radius 3 is 2.40 bits per heavy atom. The Kier molecular flexibility index (Phi) is 6.49. The summed E-state index contributed by atoms with van der Waals surface area (Å²) in [5.41, 5.74) is -0.588. The van der Waals surface area contributed by atoms with Crippen LogP contribution in [0.5, 0.6) is 0 Å².